The van der Waals surface area contributed by atoms with E-state index in [4.69, 9.17) is 4.74 Å². The van der Waals surface area contributed by atoms with Crippen LogP contribution in [0.4, 0.5) is 4.79 Å². The van der Waals surface area contributed by atoms with Crippen molar-refractivity contribution >= 4 is 17.4 Å². The molecule has 2 atom stereocenters. The van der Waals surface area contributed by atoms with Gasteiger partial charge in [-0.15, -0.1) is 11.3 Å². The highest BCUT2D eigenvalue weighted by atomic mass is 32.1. The second kappa shape index (κ2) is 8.26. The maximum absolute atomic E-state index is 12.1. The lowest BCUT2D eigenvalue weighted by Crippen LogP contribution is -2.42. The zero-order valence-corrected chi connectivity index (χ0v) is 15.0. The molecule has 1 aromatic carbocycles. The summed E-state index contributed by atoms with van der Waals surface area (Å²) in [5, 5.41) is 15.8. The number of aliphatic hydroxyl groups is 1. The number of amides is 1. The zero-order valence-electron chi connectivity index (χ0n) is 14.2. The normalized spacial score (nSPS) is 14.0. The molecule has 1 unspecified atom stereocenters. The van der Waals surface area contributed by atoms with E-state index in [0.29, 0.717) is 11.4 Å². The lowest BCUT2D eigenvalue weighted by atomic mass is 10.0. The Bertz CT molecular complexity index is 623. The van der Waals surface area contributed by atoms with E-state index in [9.17, 15) is 9.90 Å². The number of aromatic nitrogens is 1. The van der Waals surface area contributed by atoms with E-state index >= 15 is 0 Å². The van der Waals surface area contributed by atoms with E-state index in [1.165, 1.54) is 11.3 Å². The Morgan fingerprint density at radius 2 is 2.04 bits per heavy atom. The minimum atomic E-state index is -0.860. The predicted molar refractivity (Wildman–Crippen MR) is 95.0 cm³/mol. The number of hydrogen-bond donors (Lipinski definition) is 2. The average molecular weight is 348 g/mol. The van der Waals surface area contributed by atoms with Crippen LogP contribution in [0.15, 0.2) is 41.9 Å². The standard InChI is InChI=1S/C18H24N2O3S/c1-18(2,3)23-17(22)20-14(15(21)16-19-11-12-24-16)10-9-13-7-5-4-6-8-13/h4-8,11-12,14-15,21H,9-10H2,1-3H3,(H,20,22)/t14?,15-/m0/s1. The SMILES string of the molecule is CC(C)(C)OC(=O)NC(CCc1ccccc1)[C@H](O)c1nccs1. The fraction of sp³-hybridized carbons (Fsp3) is 0.444. The van der Waals surface area contributed by atoms with Gasteiger partial charge in [0, 0.05) is 11.6 Å². The van der Waals surface area contributed by atoms with Gasteiger partial charge in [0.2, 0.25) is 0 Å². The molecule has 0 fully saturated rings. The number of nitrogens with zero attached hydrogens (tertiary/aromatic N) is 1. The van der Waals surface area contributed by atoms with Crippen LogP contribution < -0.4 is 5.32 Å². The van der Waals surface area contributed by atoms with Gasteiger partial charge in [-0.3, -0.25) is 0 Å². The van der Waals surface area contributed by atoms with Crippen LogP contribution in [0.3, 0.4) is 0 Å². The molecule has 1 amide bonds. The van der Waals surface area contributed by atoms with Gasteiger partial charge in [0.05, 0.1) is 6.04 Å². The Labute approximate surface area is 146 Å². The van der Waals surface area contributed by atoms with Crippen molar-refractivity contribution in [2.45, 2.75) is 51.4 Å². The van der Waals surface area contributed by atoms with Gasteiger partial charge in [-0.1, -0.05) is 30.3 Å². The van der Waals surface area contributed by atoms with E-state index < -0.39 is 23.8 Å². The molecule has 0 radical (unpaired) electrons. The Morgan fingerprint density at radius 3 is 2.62 bits per heavy atom. The zero-order chi connectivity index (χ0) is 17.6. The number of rotatable bonds is 6. The fourth-order valence-corrected chi connectivity index (χ4v) is 2.97. The number of aryl methyl sites for hydroxylation is 1. The summed E-state index contributed by atoms with van der Waals surface area (Å²) in [4.78, 5) is 16.2. The Morgan fingerprint density at radius 1 is 1.33 bits per heavy atom. The highest BCUT2D eigenvalue weighted by Crippen LogP contribution is 2.23. The Hall–Kier alpha value is -1.92. The van der Waals surface area contributed by atoms with Gasteiger partial charge in [0.15, 0.2) is 0 Å². The number of nitrogens with one attached hydrogen (secondary N) is 1. The summed E-state index contributed by atoms with van der Waals surface area (Å²) in [5.74, 6) is 0. The number of carbonyl (C=O) groups excluding carboxylic acids is 1. The minimum absolute atomic E-state index is 0.466. The largest absolute Gasteiger partial charge is 0.444 e. The van der Waals surface area contributed by atoms with Gasteiger partial charge in [-0.05, 0) is 39.2 Å². The van der Waals surface area contributed by atoms with Crippen LogP contribution in [0.25, 0.3) is 0 Å². The fourth-order valence-electron chi connectivity index (χ4n) is 2.29. The summed E-state index contributed by atoms with van der Waals surface area (Å²) >= 11 is 1.37. The quantitative estimate of drug-likeness (QED) is 0.835. The van der Waals surface area contributed by atoms with Gasteiger partial charge in [-0.2, -0.15) is 0 Å². The molecule has 24 heavy (non-hydrogen) atoms. The highest BCUT2D eigenvalue weighted by Gasteiger charge is 2.27. The number of benzene rings is 1. The van der Waals surface area contributed by atoms with Crippen molar-refractivity contribution in [2.75, 3.05) is 0 Å². The van der Waals surface area contributed by atoms with Crippen LogP contribution in [0.5, 0.6) is 0 Å². The van der Waals surface area contributed by atoms with E-state index in [2.05, 4.69) is 10.3 Å². The van der Waals surface area contributed by atoms with Crippen LogP contribution in [-0.4, -0.2) is 27.8 Å². The molecule has 0 spiro atoms. The molecule has 0 saturated carbocycles. The van der Waals surface area contributed by atoms with Crippen molar-refractivity contribution in [3.63, 3.8) is 0 Å². The predicted octanol–water partition coefficient (Wildman–Crippen LogP) is 3.70. The maximum atomic E-state index is 12.1. The Balaban J connectivity index is 2.04. The molecule has 0 aliphatic rings. The van der Waals surface area contributed by atoms with E-state index in [0.717, 1.165) is 12.0 Å². The first-order chi connectivity index (χ1) is 11.3. The number of thiazole rings is 1. The third kappa shape index (κ3) is 5.94. The van der Waals surface area contributed by atoms with Crippen LogP contribution in [0, 0.1) is 0 Å². The Kier molecular flexibility index (Phi) is 6.34. The molecule has 1 heterocycles. The number of alkyl carbamates (subject to hydrolysis) is 1. The van der Waals surface area contributed by atoms with Crippen LogP contribution in [-0.2, 0) is 11.2 Å². The maximum Gasteiger partial charge on any atom is 0.407 e. The second-order valence-electron chi connectivity index (χ2n) is 6.59. The molecule has 0 aliphatic carbocycles. The second-order valence-corrected chi connectivity index (χ2v) is 7.52. The van der Waals surface area contributed by atoms with Crippen molar-refractivity contribution in [1.82, 2.24) is 10.3 Å². The molecule has 6 heteroatoms. The molecular weight excluding hydrogens is 324 g/mol. The van der Waals surface area contributed by atoms with Crippen LogP contribution >= 0.6 is 11.3 Å². The molecule has 5 nitrogen and oxygen atoms in total. The topological polar surface area (TPSA) is 71.5 Å². The number of hydrogen-bond acceptors (Lipinski definition) is 5. The van der Waals surface area contributed by atoms with Crippen molar-refractivity contribution in [1.29, 1.82) is 0 Å². The lowest BCUT2D eigenvalue weighted by molar-refractivity contribution is 0.0413. The lowest BCUT2D eigenvalue weighted by Gasteiger charge is -2.26. The third-order valence-corrected chi connectivity index (χ3v) is 4.22. The molecule has 0 bridgehead atoms. The van der Waals surface area contributed by atoms with Gasteiger partial charge in [-0.25, -0.2) is 9.78 Å². The highest BCUT2D eigenvalue weighted by molar-refractivity contribution is 7.09. The van der Waals surface area contributed by atoms with Crippen molar-refractivity contribution in [2.24, 2.45) is 0 Å². The molecule has 2 aromatic rings. The van der Waals surface area contributed by atoms with E-state index in [1.54, 1.807) is 11.6 Å². The van der Waals surface area contributed by atoms with Gasteiger partial charge >= 0.3 is 6.09 Å². The molecule has 1 aromatic heterocycles. The van der Waals surface area contributed by atoms with Gasteiger partial charge in [0.1, 0.15) is 16.7 Å². The number of aliphatic hydroxyl groups excluding tert-OH is 1. The first kappa shape index (κ1) is 18.4. The first-order valence-corrected chi connectivity index (χ1v) is 8.84. The van der Waals surface area contributed by atoms with Crippen LogP contribution in [0.1, 0.15) is 43.9 Å². The molecule has 2 rings (SSSR count). The molecule has 0 aliphatic heterocycles. The summed E-state index contributed by atoms with van der Waals surface area (Å²) < 4.78 is 5.31. The summed E-state index contributed by atoms with van der Waals surface area (Å²) in [5.41, 5.74) is 0.569. The smallest absolute Gasteiger partial charge is 0.407 e. The van der Waals surface area contributed by atoms with E-state index in [1.807, 2.05) is 51.1 Å². The van der Waals surface area contributed by atoms with Gasteiger partial charge < -0.3 is 15.2 Å². The van der Waals surface area contributed by atoms with E-state index in [-0.39, 0.29) is 0 Å². The monoisotopic (exact) mass is 348 g/mol. The molecule has 130 valence electrons. The number of ether oxygens (including phenoxy) is 1. The van der Waals surface area contributed by atoms with Crippen molar-refractivity contribution in [3.8, 4) is 0 Å². The van der Waals surface area contributed by atoms with Crippen molar-refractivity contribution in [3.05, 3.63) is 52.5 Å². The summed E-state index contributed by atoms with van der Waals surface area (Å²) in [6, 6.07) is 9.50. The summed E-state index contributed by atoms with van der Waals surface area (Å²) in [6.07, 6.45) is 1.58. The van der Waals surface area contributed by atoms with Crippen LogP contribution in [0.2, 0.25) is 0 Å². The first-order valence-electron chi connectivity index (χ1n) is 7.96. The van der Waals surface area contributed by atoms with Gasteiger partial charge in [0.25, 0.3) is 0 Å². The molecule has 2 N–H and O–H groups in total. The number of carbonyl (C=O) groups is 1. The third-order valence-electron chi connectivity index (χ3n) is 3.37. The minimum Gasteiger partial charge on any atom is -0.444 e. The average Bonchev–Trinajstić information content (AvgIpc) is 3.04. The summed E-state index contributed by atoms with van der Waals surface area (Å²) in [7, 11) is 0. The van der Waals surface area contributed by atoms with Crippen molar-refractivity contribution < 1.29 is 14.6 Å². The summed E-state index contributed by atoms with van der Waals surface area (Å²) in [6.45, 7) is 5.43. The molecular formula is C18H24N2O3S. The molecule has 0 saturated heterocycles.